The fourth-order valence-corrected chi connectivity index (χ4v) is 2.37. The Morgan fingerprint density at radius 1 is 1.24 bits per heavy atom. The van der Waals surface area contributed by atoms with Gasteiger partial charge >= 0.3 is 0 Å². The number of fused-ring (bicyclic) bond motifs is 1. The van der Waals surface area contributed by atoms with Crippen LogP contribution in [0.2, 0.25) is 0 Å². The van der Waals surface area contributed by atoms with E-state index in [9.17, 15) is 4.79 Å². The highest BCUT2D eigenvalue weighted by Gasteiger charge is 2.23. The number of para-hydroxylation sites is 2. The van der Waals surface area contributed by atoms with Gasteiger partial charge in [-0.15, -0.1) is 0 Å². The number of carbonyl (C=O) groups excluding carboxylic acids is 1. The molecule has 0 aliphatic carbocycles. The van der Waals surface area contributed by atoms with E-state index in [-0.39, 0.29) is 5.91 Å². The van der Waals surface area contributed by atoms with Gasteiger partial charge in [-0.25, -0.2) is 4.98 Å². The van der Waals surface area contributed by atoms with Crippen molar-refractivity contribution in [2.24, 2.45) is 0 Å². The van der Waals surface area contributed by atoms with Crippen molar-refractivity contribution < 1.29 is 9.53 Å². The van der Waals surface area contributed by atoms with Crippen molar-refractivity contribution in [2.75, 3.05) is 30.4 Å². The summed E-state index contributed by atoms with van der Waals surface area (Å²) in [5.41, 5.74) is 1.23. The van der Waals surface area contributed by atoms with Crippen molar-refractivity contribution in [1.29, 1.82) is 0 Å². The van der Waals surface area contributed by atoms with Gasteiger partial charge < -0.3 is 15.0 Å². The summed E-state index contributed by atoms with van der Waals surface area (Å²) >= 11 is 0. The Balaban J connectivity index is 1.97. The van der Waals surface area contributed by atoms with Gasteiger partial charge in [0.1, 0.15) is 17.3 Å². The van der Waals surface area contributed by atoms with Gasteiger partial charge in [0.15, 0.2) is 0 Å². The lowest BCUT2D eigenvalue weighted by Gasteiger charge is -2.21. The standard InChI is InChI=1S/C16H17N3O2/c1-17-15-9-4-6-12(18-15)16(20)19-10-5-11-21-14-8-3-2-7-13(14)19/h2-4,6-9H,5,10-11H2,1H3,(H,17,18). The largest absolute Gasteiger partial charge is 0.491 e. The first-order chi connectivity index (χ1) is 10.3. The predicted molar refractivity (Wildman–Crippen MR) is 82.0 cm³/mol. The van der Waals surface area contributed by atoms with E-state index in [0.717, 1.165) is 17.9 Å². The van der Waals surface area contributed by atoms with E-state index in [1.54, 1.807) is 18.0 Å². The van der Waals surface area contributed by atoms with Crippen LogP contribution in [0.1, 0.15) is 16.9 Å². The summed E-state index contributed by atoms with van der Waals surface area (Å²) in [4.78, 5) is 18.8. The smallest absolute Gasteiger partial charge is 0.277 e. The molecule has 0 atom stereocenters. The number of nitrogens with zero attached hydrogens (tertiary/aromatic N) is 2. The van der Waals surface area contributed by atoms with E-state index >= 15 is 0 Å². The quantitative estimate of drug-likeness (QED) is 0.920. The summed E-state index contributed by atoms with van der Waals surface area (Å²) in [6.45, 7) is 1.24. The summed E-state index contributed by atoms with van der Waals surface area (Å²) in [6.07, 6.45) is 0.798. The maximum Gasteiger partial charge on any atom is 0.277 e. The first-order valence-electron chi connectivity index (χ1n) is 6.98. The van der Waals surface area contributed by atoms with Gasteiger partial charge in [-0.05, 0) is 30.7 Å². The normalized spacial score (nSPS) is 13.9. The van der Waals surface area contributed by atoms with Gasteiger partial charge in [-0.3, -0.25) is 4.79 Å². The van der Waals surface area contributed by atoms with Gasteiger partial charge in [0, 0.05) is 13.6 Å². The third-order valence-electron chi connectivity index (χ3n) is 3.41. The van der Waals surface area contributed by atoms with Crippen LogP contribution in [0.4, 0.5) is 11.5 Å². The molecule has 0 saturated carbocycles. The van der Waals surface area contributed by atoms with Crippen LogP contribution in [0, 0.1) is 0 Å². The lowest BCUT2D eigenvalue weighted by molar-refractivity contribution is 0.0982. The molecule has 5 heteroatoms. The van der Waals surface area contributed by atoms with Crippen LogP contribution in [-0.2, 0) is 0 Å². The van der Waals surface area contributed by atoms with E-state index in [1.807, 2.05) is 36.4 Å². The predicted octanol–water partition coefficient (Wildman–Crippen LogP) is 2.55. The molecule has 3 rings (SSSR count). The zero-order valence-corrected chi connectivity index (χ0v) is 11.9. The summed E-state index contributed by atoms with van der Waals surface area (Å²) in [7, 11) is 1.78. The number of rotatable bonds is 2. The van der Waals surface area contributed by atoms with Crippen LogP contribution in [0.25, 0.3) is 0 Å². The Morgan fingerprint density at radius 3 is 2.95 bits per heavy atom. The highest BCUT2D eigenvalue weighted by molar-refractivity contribution is 6.05. The van der Waals surface area contributed by atoms with E-state index in [1.165, 1.54) is 0 Å². The van der Waals surface area contributed by atoms with E-state index in [4.69, 9.17) is 4.74 Å². The van der Waals surface area contributed by atoms with Gasteiger partial charge in [0.25, 0.3) is 5.91 Å². The van der Waals surface area contributed by atoms with Crippen molar-refractivity contribution in [3.8, 4) is 5.75 Å². The van der Waals surface area contributed by atoms with Crippen molar-refractivity contribution in [3.05, 3.63) is 48.2 Å². The minimum atomic E-state index is -0.106. The highest BCUT2D eigenvalue weighted by atomic mass is 16.5. The van der Waals surface area contributed by atoms with Crippen LogP contribution in [0.15, 0.2) is 42.5 Å². The number of ether oxygens (including phenoxy) is 1. The van der Waals surface area contributed by atoms with Crippen LogP contribution in [0.3, 0.4) is 0 Å². The minimum absolute atomic E-state index is 0.106. The molecule has 1 aromatic heterocycles. The van der Waals surface area contributed by atoms with E-state index < -0.39 is 0 Å². The molecule has 0 unspecified atom stereocenters. The molecule has 2 heterocycles. The average molecular weight is 283 g/mol. The van der Waals surface area contributed by atoms with Gasteiger partial charge in [-0.1, -0.05) is 18.2 Å². The summed E-state index contributed by atoms with van der Waals surface area (Å²) in [5, 5.41) is 2.95. The molecule has 21 heavy (non-hydrogen) atoms. The van der Waals surface area contributed by atoms with Crippen molar-refractivity contribution in [2.45, 2.75) is 6.42 Å². The van der Waals surface area contributed by atoms with Crippen molar-refractivity contribution in [3.63, 3.8) is 0 Å². The van der Waals surface area contributed by atoms with Crippen molar-refractivity contribution in [1.82, 2.24) is 4.98 Å². The average Bonchev–Trinajstić information content (AvgIpc) is 2.76. The maximum atomic E-state index is 12.8. The number of benzene rings is 1. The van der Waals surface area contributed by atoms with E-state index in [0.29, 0.717) is 24.7 Å². The molecular formula is C16H17N3O2. The van der Waals surface area contributed by atoms with Crippen LogP contribution in [0.5, 0.6) is 5.75 Å². The van der Waals surface area contributed by atoms with Gasteiger partial charge in [0.2, 0.25) is 0 Å². The molecule has 2 aromatic rings. The molecule has 1 amide bonds. The Bertz CT molecular complexity index is 657. The third kappa shape index (κ3) is 2.67. The van der Waals surface area contributed by atoms with Crippen LogP contribution < -0.4 is 15.0 Å². The lowest BCUT2D eigenvalue weighted by Crippen LogP contribution is -2.32. The van der Waals surface area contributed by atoms with Gasteiger partial charge in [0.05, 0.1) is 12.3 Å². The SMILES string of the molecule is CNc1cccc(C(=O)N2CCCOc3ccccc32)n1. The number of aromatic nitrogens is 1. The maximum absolute atomic E-state index is 12.8. The molecule has 1 aliphatic rings. The monoisotopic (exact) mass is 283 g/mol. The third-order valence-corrected chi connectivity index (χ3v) is 3.41. The lowest BCUT2D eigenvalue weighted by atomic mass is 10.2. The number of carbonyl (C=O) groups is 1. The Kier molecular flexibility index (Phi) is 3.73. The molecule has 0 saturated heterocycles. The summed E-state index contributed by atoms with van der Waals surface area (Å²) in [6, 6.07) is 13.0. The van der Waals surface area contributed by atoms with Crippen molar-refractivity contribution >= 4 is 17.4 Å². The Labute approximate surface area is 123 Å². The second-order valence-corrected chi connectivity index (χ2v) is 4.78. The molecule has 108 valence electrons. The Morgan fingerprint density at radius 2 is 2.10 bits per heavy atom. The molecule has 0 radical (unpaired) electrons. The number of nitrogens with one attached hydrogen (secondary N) is 1. The first-order valence-corrected chi connectivity index (χ1v) is 6.98. The second kappa shape index (κ2) is 5.83. The zero-order chi connectivity index (χ0) is 14.7. The molecule has 0 spiro atoms. The molecule has 0 fully saturated rings. The fraction of sp³-hybridized carbons (Fsp3) is 0.250. The first kappa shape index (κ1) is 13.4. The second-order valence-electron chi connectivity index (χ2n) is 4.78. The number of hydrogen-bond acceptors (Lipinski definition) is 4. The molecule has 5 nitrogen and oxygen atoms in total. The number of hydrogen-bond donors (Lipinski definition) is 1. The minimum Gasteiger partial charge on any atom is -0.491 e. The summed E-state index contributed by atoms with van der Waals surface area (Å²) in [5.74, 6) is 1.32. The molecule has 1 aromatic carbocycles. The van der Waals surface area contributed by atoms with E-state index in [2.05, 4.69) is 10.3 Å². The fourth-order valence-electron chi connectivity index (χ4n) is 2.37. The Hall–Kier alpha value is -2.56. The molecule has 0 bridgehead atoms. The number of anilines is 2. The number of pyridine rings is 1. The van der Waals surface area contributed by atoms with Gasteiger partial charge in [-0.2, -0.15) is 0 Å². The zero-order valence-electron chi connectivity index (χ0n) is 11.9. The van der Waals surface area contributed by atoms with Crippen LogP contribution in [-0.4, -0.2) is 31.1 Å². The molecular weight excluding hydrogens is 266 g/mol. The highest BCUT2D eigenvalue weighted by Crippen LogP contribution is 2.31. The molecule has 1 aliphatic heterocycles. The molecule has 1 N–H and O–H groups in total. The summed E-state index contributed by atoms with van der Waals surface area (Å²) < 4.78 is 5.68. The topological polar surface area (TPSA) is 54.5 Å². The number of amides is 1. The van der Waals surface area contributed by atoms with Crippen LogP contribution >= 0.6 is 0 Å².